The predicted molar refractivity (Wildman–Crippen MR) is 156 cm³/mol. The lowest BCUT2D eigenvalue weighted by atomic mass is 9.99. The van der Waals surface area contributed by atoms with Gasteiger partial charge in [0.05, 0.1) is 0 Å². The van der Waals surface area contributed by atoms with Crippen molar-refractivity contribution in [3.63, 3.8) is 0 Å². The van der Waals surface area contributed by atoms with Gasteiger partial charge in [-0.3, -0.25) is 9.59 Å². The van der Waals surface area contributed by atoms with Crippen molar-refractivity contribution in [3.05, 3.63) is 118 Å². The molecular formula is C31H25ClN2O3S. The van der Waals surface area contributed by atoms with Crippen LogP contribution in [0, 0.1) is 4.91 Å². The molecule has 1 aromatic heterocycles. The smallest absolute Gasteiger partial charge is 0.193 e. The van der Waals surface area contributed by atoms with E-state index in [1.807, 2.05) is 72.8 Å². The van der Waals surface area contributed by atoms with Crippen LogP contribution in [0.4, 0.5) is 0 Å². The molecule has 0 aliphatic heterocycles. The van der Waals surface area contributed by atoms with Crippen molar-refractivity contribution in [1.29, 1.82) is 0 Å². The van der Waals surface area contributed by atoms with Gasteiger partial charge in [-0.25, -0.2) is 0 Å². The van der Waals surface area contributed by atoms with Crippen molar-refractivity contribution in [2.75, 3.05) is 5.75 Å². The second kappa shape index (κ2) is 11.3. The van der Waals surface area contributed by atoms with E-state index in [1.165, 1.54) is 0 Å². The Morgan fingerprint density at radius 1 is 0.842 bits per heavy atom. The second-order valence-corrected chi connectivity index (χ2v) is 10.6. The van der Waals surface area contributed by atoms with E-state index < -0.39 is 6.04 Å². The van der Waals surface area contributed by atoms with Crippen molar-refractivity contribution in [2.45, 2.75) is 30.8 Å². The molecule has 0 amide bonds. The fourth-order valence-corrected chi connectivity index (χ4v) is 5.77. The Morgan fingerprint density at radius 2 is 1.47 bits per heavy atom. The van der Waals surface area contributed by atoms with Crippen LogP contribution in [0.2, 0.25) is 5.02 Å². The van der Waals surface area contributed by atoms with Crippen molar-refractivity contribution in [3.8, 4) is 0 Å². The van der Waals surface area contributed by atoms with Crippen LogP contribution in [0.5, 0.6) is 0 Å². The van der Waals surface area contributed by atoms with Gasteiger partial charge in [0.1, 0.15) is 0 Å². The van der Waals surface area contributed by atoms with E-state index in [-0.39, 0.29) is 11.6 Å². The van der Waals surface area contributed by atoms with Crippen LogP contribution in [0.1, 0.15) is 39.6 Å². The molecule has 0 saturated heterocycles. The molecule has 5 rings (SSSR count). The Bertz CT molecular complexity index is 1650. The lowest BCUT2D eigenvalue weighted by molar-refractivity contribution is 0.0959. The Balaban J connectivity index is 1.45. The molecule has 1 atom stereocenters. The van der Waals surface area contributed by atoms with Crippen molar-refractivity contribution < 1.29 is 9.59 Å². The summed E-state index contributed by atoms with van der Waals surface area (Å²) in [6.45, 7) is 2.80. The summed E-state index contributed by atoms with van der Waals surface area (Å²) in [6.07, 6.45) is 0.333. The first kappa shape index (κ1) is 25.9. The van der Waals surface area contributed by atoms with Gasteiger partial charge >= 0.3 is 0 Å². The summed E-state index contributed by atoms with van der Waals surface area (Å²) in [5, 5.41) is 5.59. The number of fused-ring (bicyclic) bond motifs is 3. The number of thioether (sulfide) groups is 1. The van der Waals surface area contributed by atoms with Crippen LogP contribution in [-0.4, -0.2) is 27.9 Å². The highest BCUT2D eigenvalue weighted by Crippen LogP contribution is 2.32. The number of hydrogen-bond donors (Lipinski definition) is 0. The highest BCUT2D eigenvalue weighted by molar-refractivity contribution is 7.99. The van der Waals surface area contributed by atoms with Gasteiger partial charge in [0.25, 0.3) is 0 Å². The third-order valence-corrected chi connectivity index (χ3v) is 7.96. The number of nitroso groups, excluding NO2 is 1. The SMILES string of the molecule is CCn1c2ccc(C(=O)c3ccccc3)cc2c2cc(C(=O)C(CCSc3ccc(Cl)cc3)N=O)ccc21. The van der Waals surface area contributed by atoms with Crippen LogP contribution in [0.25, 0.3) is 21.8 Å². The Hall–Kier alpha value is -3.74. The first-order valence-corrected chi connectivity index (χ1v) is 13.8. The number of Topliss-reactive ketones (excluding diaryl/α,β-unsaturated/α-hetero) is 1. The zero-order chi connectivity index (χ0) is 26.6. The van der Waals surface area contributed by atoms with Gasteiger partial charge in [-0.2, -0.15) is 4.91 Å². The van der Waals surface area contributed by atoms with E-state index in [4.69, 9.17) is 11.6 Å². The van der Waals surface area contributed by atoms with Crippen molar-refractivity contribution >= 4 is 56.7 Å². The third-order valence-electron chi connectivity index (χ3n) is 6.67. The lowest BCUT2D eigenvalue weighted by Gasteiger charge is -2.09. The molecule has 4 aromatic carbocycles. The molecule has 0 aliphatic carbocycles. The largest absolute Gasteiger partial charge is 0.341 e. The summed E-state index contributed by atoms with van der Waals surface area (Å²) < 4.78 is 2.16. The molecule has 0 fully saturated rings. The van der Waals surface area contributed by atoms with Gasteiger partial charge in [0.15, 0.2) is 17.6 Å². The van der Waals surface area contributed by atoms with E-state index in [2.05, 4.69) is 16.7 Å². The first-order valence-electron chi connectivity index (χ1n) is 12.4. The molecule has 0 saturated carbocycles. The Labute approximate surface area is 229 Å². The molecule has 0 aliphatic rings. The maximum absolute atomic E-state index is 13.3. The summed E-state index contributed by atoms with van der Waals surface area (Å²) in [5.74, 6) is 0.222. The molecule has 0 spiro atoms. The summed E-state index contributed by atoms with van der Waals surface area (Å²) in [6, 6.07) is 26.8. The fourth-order valence-electron chi connectivity index (χ4n) is 4.74. The maximum Gasteiger partial charge on any atom is 0.193 e. The number of carbonyl (C=O) groups excluding carboxylic acids is 2. The maximum atomic E-state index is 13.3. The Morgan fingerprint density at radius 3 is 2.11 bits per heavy atom. The van der Waals surface area contributed by atoms with E-state index in [0.717, 1.165) is 33.2 Å². The van der Waals surface area contributed by atoms with Crippen LogP contribution in [0.3, 0.4) is 0 Å². The van der Waals surface area contributed by atoms with E-state index in [0.29, 0.717) is 33.9 Å². The van der Waals surface area contributed by atoms with Gasteiger partial charge < -0.3 is 4.57 Å². The zero-order valence-electron chi connectivity index (χ0n) is 20.8. The molecule has 0 bridgehead atoms. The van der Waals surface area contributed by atoms with Crippen molar-refractivity contribution in [2.24, 2.45) is 5.18 Å². The molecule has 5 aromatic rings. The van der Waals surface area contributed by atoms with Gasteiger partial charge in [-0.05, 0) is 74.0 Å². The van der Waals surface area contributed by atoms with Gasteiger partial charge in [-0.15, -0.1) is 11.8 Å². The van der Waals surface area contributed by atoms with Gasteiger partial charge in [0, 0.05) is 60.7 Å². The molecule has 1 unspecified atom stereocenters. The number of benzene rings is 4. The number of halogens is 1. The van der Waals surface area contributed by atoms with E-state index >= 15 is 0 Å². The van der Waals surface area contributed by atoms with E-state index in [1.54, 1.807) is 30.0 Å². The van der Waals surface area contributed by atoms with Crippen molar-refractivity contribution in [1.82, 2.24) is 4.57 Å². The topological polar surface area (TPSA) is 68.5 Å². The molecule has 38 heavy (non-hydrogen) atoms. The van der Waals surface area contributed by atoms with Crippen LogP contribution < -0.4 is 0 Å². The summed E-state index contributed by atoms with van der Waals surface area (Å²) in [5.41, 5.74) is 3.60. The Kier molecular flexibility index (Phi) is 7.72. The van der Waals surface area contributed by atoms with Crippen LogP contribution in [-0.2, 0) is 6.54 Å². The zero-order valence-corrected chi connectivity index (χ0v) is 22.3. The number of hydrogen-bond acceptors (Lipinski definition) is 5. The molecule has 7 heteroatoms. The molecule has 5 nitrogen and oxygen atoms in total. The minimum Gasteiger partial charge on any atom is -0.341 e. The normalized spacial score (nSPS) is 12.1. The third kappa shape index (κ3) is 5.15. The molecular weight excluding hydrogens is 516 g/mol. The highest BCUT2D eigenvalue weighted by Gasteiger charge is 2.22. The minimum absolute atomic E-state index is 0.0551. The minimum atomic E-state index is -0.970. The second-order valence-electron chi connectivity index (χ2n) is 8.98. The van der Waals surface area contributed by atoms with Gasteiger partial charge in [-0.1, -0.05) is 47.1 Å². The number of carbonyl (C=O) groups is 2. The molecule has 0 radical (unpaired) electrons. The molecule has 1 heterocycles. The quantitative estimate of drug-likeness (QED) is 0.102. The van der Waals surface area contributed by atoms with Crippen LogP contribution in [0.15, 0.2) is 101 Å². The monoisotopic (exact) mass is 540 g/mol. The first-order chi connectivity index (χ1) is 18.5. The van der Waals surface area contributed by atoms with Crippen LogP contribution >= 0.6 is 23.4 Å². The number of ketones is 2. The summed E-state index contributed by atoms with van der Waals surface area (Å²) >= 11 is 7.49. The predicted octanol–water partition coefficient (Wildman–Crippen LogP) is 8.20. The standard InChI is InChI=1S/C31H25ClN2O3S/c1-2-34-28-14-8-21(30(35)20-6-4-3-5-7-20)18-25(28)26-19-22(9-15-29(26)34)31(36)27(33-37)16-17-38-24-12-10-23(32)11-13-24/h3-15,18-19,27H,2,16-17H2,1H3. The molecule has 0 N–H and O–H groups in total. The van der Waals surface area contributed by atoms with E-state index in [9.17, 15) is 14.5 Å². The summed E-state index contributed by atoms with van der Waals surface area (Å²) in [4.78, 5) is 39.1. The number of aryl methyl sites for hydroxylation is 1. The fraction of sp³-hybridized carbons (Fsp3) is 0.161. The van der Waals surface area contributed by atoms with Gasteiger partial charge in [0.2, 0.25) is 0 Å². The lowest BCUT2D eigenvalue weighted by Crippen LogP contribution is -2.19. The number of aromatic nitrogens is 1. The molecule has 190 valence electrons. The summed E-state index contributed by atoms with van der Waals surface area (Å²) in [7, 11) is 0. The number of nitrogens with zero attached hydrogens (tertiary/aromatic N) is 2. The average Bonchev–Trinajstić information content (AvgIpc) is 3.28. The average molecular weight is 541 g/mol. The highest BCUT2D eigenvalue weighted by atomic mass is 35.5. The number of rotatable bonds is 10.